The minimum atomic E-state index is -0.792. The van der Waals surface area contributed by atoms with E-state index in [9.17, 15) is 14.7 Å². The van der Waals surface area contributed by atoms with Crippen molar-refractivity contribution in [3.05, 3.63) is 97.2 Å². The molecule has 0 spiro atoms. The zero-order valence-electron chi connectivity index (χ0n) is 46.0. The van der Waals surface area contributed by atoms with Crippen molar-refractivity contribution in [3.8, 4) is 0 Å². The van der Waals surface area contributed by atoms with E-state index in [1.807, 2.05) is 0 Å². The fraction of sp³-hybridized carbons (Fsp3) is 0.723. The maximum atomic E-state index is 12.3. The molecule has 0 aliphatic heterocycles. The predicted molar refractivity (Wildman–Crippen MR) is 306 cm³/mol. The van der Waals surface area contributed by atoms with E-state index in [1.165, 1.54) is 154 Å². The molecule has 0 aliphatic rings. The molecule has 0 fully saturated rings. The largest absolute Gasteiger partial charge is 0.462 e. The van der Waals surface area contributed by atoms with Crippen molar-refractivity contribution < 1.29 is 24.2 Å². The van der Waals surface area contributed by atoms with Crippen LogP contribution in [0.1, 0.15) is 284 Å². The van der Waals surface area contributed by atoms with Gasteiger partial charge in [0.2, 0.25) is 0 Å². The van der Waals surface area contributed by atoms with Crippen LogP contribution in [0.2, 0.25) is 0 Å². The van der Waals surface area contributed by atoms with E-state index < -0.39 is 6.10 Å². The fourth-order valence-electron chi connectivity index (χ4n) is 8.46. The molecule has 0 aromatic rings. The molecule has 0 aromatic carbocycles. The van der Waals surface area contributed by atoms with Gasteiger partial charge in [-0.2, -0.15) is 0 Å². The Labute approximate surface area is 434 Å². The minimum absolute atomic E-state index is 0.0788. The molecule has 1 N–H and O–H groups in total. The molecule has 0 aromatic heterocycles. The van der Waals surface area contributed by atoms with Gasteiger partial charge >= 0.3 is 11.9 Å². The number of ether oxygens (including phenoxy) is 2. The smallest absolute Gasteiger partial charge is 0.306 e. The molecule has 0 saturated carbocycles. The Balaban J connectivity index is 3.55. The summed E-state index contributed by atoms with van der Waals surface area (Å²) in [6, 6.07) is 0. The summed E-state index contributed by atoms with van der Waals surface area (Å²) in [6.07, 6.45) is 85.3. The molecule has 0 aliphatic carbocycles. The van der Waals surface area contributed by atoms with Crippen molar-refractivity contribution in [3.63, 3.8) is 0 Å². The zero-order valence-corrected chi connectivity index (χ0v) is 46.0. The van der Waals surface area contributed by atoms with Gasteiger partial charge in [0.1, 0.15) is 6.61 Å². The van der Waals surface area contributed by atoms with Crippen LogP contribution in [0.5, 0.6) is 0 Å². The highest BCUT2D eigenvalue weighted by molar-refractivity contribution is 5.70. The second-order valence-corrected chi connectivity index (χ2v) is 19.7. The number of carbonyl (C=O) groups excluding carboxylic acids is 2. The van der Waals surface area contributed by atoms with Gasteiger partial charge in [0.05, 0.1) is 6.61 Å². The minimum Gasteiger partial charge on any atom is -0.462 e. The van der Waals surface area contributed by atoms with Crippen LogP contribution in [0.3, 0.4) is 0 Å². The Kier molecular flexibility index (Phi) is 57.4. The van der Waals surface area contributed by atoms with Gasteiger partial charge in [-0.05, 0) is 77.0 Å². The number of hydrogen-bond acceptors (Lipinski definition) is 5. The fourth-order valence-corrected chi connectivity index (χ4v) is 8.46. The molecular weight excluding hydrogens is 861 g/mol. The third-order valence-corrected chi connectivity index (χ3v) is 12.9. The molecule has 70 heavy (non-hydrogen) atoms. The highest BCUT2D eigenvalue weighted by Gasteiger charge is 2.16. The number of unbranched alkanes of at least 4 members (excludes halogenated alkanes) is 30. The van der Waals surface area contributed by atoms with E-state index in [0.29, 0.717) is 12.8 Å². The maximum absolute atomic E-state index is 12.3. The van der Waals surface area contributed by atoms with Crippen molar-refractivity contribution in [2.24, 2.45) is 0 Å². The normalized spacial score (nSPS) is 12.9. The predicted octanol–water partition coefficient (Wildman–Crippen LogP) is 20.3. The van der Waals surface area contributed by atoms with Crippen LogP contribution in [0, 0.1) is 0 Å². The molecule has 5 heteroatoms. The summed E-state index contributed by atoms with van der Waals surface area (Å²) in [7, 11) is 0. The van der Waals surface area contributed by atoms with Crippen molar-refractivity contribution in [2.45, 2.75) is 290 Å². The lowest BCUT2D eigenvalue weighted by atomic mass is 10.0. The number of rotatable bonds is 54. The standard InChI is InChI=1S/C65H112O5/c1-3-5-7-9-11-13-15-17-19-21-23-25-27-29-31-32-34-36-38-40-42-44-46-48-50-52-54-56-58-60-65(68)70-63(61-66)62-69-64(67)59-57-55-53-51-49-47-45-43-41-39-37-35-33-30-28-26-24-22-20-18-16-14-12-10-8-6-4-2/h5,7,11,13,17,19,23,25,29,31,34,36,40,42,46,48,63,66H,3-4,6,8-10,12,14-16,18,20-22,24,26-28,30,32-33,35,37-39,41,43-45,47,49-62H2,1-2H3/b7-5-,13-11-,19-17-,25-23-,31-29-,36-34-,42-40-,48-46-. The van der Waals surface area contributed by atoms with Gasteiger partial charge in [-0.1, -0.05) is 291 Å². The SMILES string of the molecule is CC/C=C\C/C=C\C/C=C\C/C=C\C/C=C\C/C=C\C/C=C\C/C=C\CCCCCCC(=O)OC(CO)COC(=O)CCCCCCCCCCCCCCCCCCCCCCCCCCCCC. The first kappa shape index (κ1) is 66.8. The second-order valence-electron chi connectivity index (χ2n) is 19.7. The zero-order chi connectivity index (χ0) is 50.6. The van der Waals surface area contributed by atoms with Crippen LogP contribution in [0.25, 0.3) is 0 Å². The van der Waals surface area contributed by atoms with Crippen molar-refractivity contribution in [1.29, 1.82) is 0 Å². The van der Waals surface area contributed by atoms with Crippen molar-refractivity contribution in [2.75, 3.05) is 13.2 Å². The van der Waals surface area contributed by atoms with Crippen LogP contribution >= 0.6 is 0 Å². The lowest BCUT2D eigenvalue weighted by Gasteiger charge is -2.15. The Morgan fingerprint density at radius 3 is 0.929 bits per heavy atom. The molecule has 0 rings (SSSR count). The summed E-state index contributed by atoms with van der Waals surface area (Å²) in [5.41, 5.74) is 0. The van der Waals surface area contributed by atoms with Crippen molar-refractivity contribution in [1.82, 2.24) is 0 Å². The van der Waals surface area contributed by atoms with Crippen LogP contribution in [0.4, 0.5) is 0 Å². The average Bonchev–Trinajstić information content (AvgIpc) is 3.36. The van der Waals surface area contributed by atoms with E-state index in [4.69, 9.17) is 9.47 Å². The van der Waals surface area contributed by atoms with E-state index in [2.05, 4.69) is 111 Å². The average molecular weight is 974 g/mol. The number of esters is 2. The van der Waals surface area contributed by atoms with Gasteiger partial charge in [0.25, 0.3) is 0 Å². The summed E-state index contributed by atoms with van der Waals surface area (Å²) in [5.74, 6) is -0.614. The highest BCUT2D eigenvalue weighted by Crippen LogP contribution is 2.17. The Morgan fingerprint density at radius 1 is 0.343 bits per heavy atom. The molecule has 1 unspecified atom stereocenters. The van der Waals surface area contributed by atoms with Crippen molar-refractivity contribution >= 4 is 11.9 Å². The summed E-state index contributed by atoms with van der Waals surface area (Å²) in [5, 5.41) is 9.66. The molecule has 0 amide bonds. The molecular formula is C65H112O5. The molecule has 0 saturated heterocycles. The van der Waals surface area contributed by atoms with Gasteiger partial charge in [-0.15, -0.1) is 0 Å². The topological polar surface area (TPSA) is 72.8 Å². The quantitative estimate of drug-likeness (QED) is 0.0373. The van der Waals surface area contributed by atoms with E-state index in [-0.39, 0.29) is 25.2 Å². The number of aliphatic hydroxyl groups is 1. The third kappa shape index (κ3) is 57.4. The summed E-state index contributed by atoms with van der Waals surface area (Å²) >= 11 is 0. The number of carbonyl (C=O) groups is 2. The molecule has 0 heterocycles. The molecule has 402 valence electrons. The number of hydrogen-bond donors (Lipinski definition) is 1. The van der Waals surface area contributed by atoms with Gasteiger partial charge in [0.15, 0.2) is 6.10 Å². The van der Waals surface area contributed by atoms with Crippen LogP contribution in [-0.2, 0) is 19.1 Å². The Morgan fingerprint density at radius 2 is 0.614 bits per heavy atom. The van der Waals surface area contributed by atoms with Crippen LogP contribution in [0.15, 0.2) is 97.2 Å². The van der Waals surface area contributed by atoms with Gasteiger partial charge in [-0.25, -0.2) is 0 Å². The lowest BCUT2D eigenvalue weighted by Crippen LogP contribution is -2.28. The first-order valence-electron chi connectivity index (χ1n) is 29.8. The maximum Gasteiger partial charge on any atom is 0.306 e. The Hall–Kier alpha value is -3.18. The van der Waals surface area contributed by atoms with Gasteiger partial charge in [-0.3, -0.25) is 9.59 Å². The number of allylic oxidation sites excluding steroid dienone is 16. The van der Waals surface area contributed by atoms with E-state index >= 15 is 0 Å². The Bertz CT molecular complexity index is 1330. The van der Waals surface area contributed by atoms with Gasteiger partial charge in [0, 0.05) is 12.8 Å². The molecule has 0 bridgehead atoms. The third-order valence-electron chi connectivity index (χ3n) is 12.9. The first-order chi connectivity index (χ1) is 34.6. The monoisotopic (exact) mass is 973 g/mol. The second kappa shape index (κ2) is 60.1. The van der Waals surface area contributed by atoms with Crippen LogP contribution < -0.4 is 0 Å². The van der Waals surface area contributed by atoms with E-state index in [0.717, 1.165) is 103 Å². The van der Waals surface area contributed by atoms with E-state index in [1.54, 1.807) is 0 Å². The number of aliphatic hydroxyl groups excluding tert-OH is 1. The summed E-state index contributed by atoms with van der Waals surface area (Å²) in [4.78, 5) is 24.5. The van der Waals surface area contributed by atoms with Gasteiger partial charge < -0.3 is 14.6 Å². The molecule has 5 nitrogen and oxygen atoms in total. The van der Waals surface area contributed by atoms with Crippen LogP contribution in [-0.4, -0.2) is 36.4 Å². The molecule has 1 atom stereocenters. The lowest BCUT2D eigenvalue weighted by molar-refractivity contribution is -0.161. The highest BCUT2D eigenvalue weighted by atomic mass is 16.6. The summed E-state index contributed by atoms with van der Waals surface area (Å²) in [6.45, 7) is 4.03. The molecule has 0 radical (unpaired) electrons. The first-order valence-corrected chi connectivity index (χ1v) is 29.8. The summed E-state index contributed by atoms with van der Waals surface area (Å²) < 4.78 is 10.7.